The Morgan fingerprint density at radius 3 is 2.35 bits per heavy atom. The highest BCUT2D eigenvalue weighted by Gasteiger charge is 2.32. The van der Waals surface area contributed by atoms with E-state index < -0.39 is 29.6 Å². The van der Waals surface area contributed by atoms with Gasteiger partial charge in [-0.2, -0.15) is 0 Å². The molecular weight excluding hydrogens is 300 g/mol. The first-order chi connectivity index (χ1) is 10.8. The Balaban J connectivity index is 2.51. The molecule has 0 fully saturated rings. The minimum atomic E-state index is -1.24. The van der Waals surface area contributed by atoms with Gasteiger partial charge in [-0.25, -0.2) is 9.59 Å². The minimum Gasteiger partial charge on any atom is -0.467 e. The Kier molecular flexibility index (Phi) is 6.56. The highest BCUT2D eigenvalue weighted by atomic mass is 16.5. The first kappa shape index (κ1) is 18.5. The fraction of sp³-hybridized carbons (Fsp3) is 0.438. The number of benzene rings is 1. The Hall–Kier alpha value is -2.57. The predicted octanol–water partition coefficient (Wildman–Crippen LogP) is 1.37. The van der Waals surface area contributed by atoms with Crippen molar-refractivity contribution in [2.24, 2.45) is 0 Å². The van der Waals surface area contributed by atoms with Crippen molar-refractivity contribution in [3.05, 3.63) is 35.9 Å². The van der Waals surface area contributed by atoms with Crippen molar-refractivity contribution in [1.29, 1.82) is 0 Å². The van der Waals surface area contributed by atoms with Gasteiger partial charge in [-0.15, -0.1) is 0 Å². The molecule has 7 nitrogen and oxygen atoms in total. The summed E-state index contributed by atoms with van der Waals surface area (Å²) in [7, 11) is 1.23. The summed E-state index contributed by atoms with van der Waals surface area (Å²) in [6.45, 7) is 4.61. The number of hydrogen-bond donors (Lipinski definition) is 2. The fourth-order valence-electron chi connectivity index (χ4n) is 1.68. The SMILES string of the molecule is COC(=O)C(C)NC(=O)C(C)(C)NC(=O)OCc1ccccc1. The van der Waals surface area contributed by atoms with Crippen LogP contribution in [0.15, 0.2) is 30.3 Å². The van der Waals surface area contributed by atoms with E-state index in [0.717, 1.165) is 5.56 Å². The summed E-state index contributed by atoms with van der Waals surface area (Å²) in [5.41, 5.74) is -0.403. The largest absolute Gasteiger partial charge is 0.467 e. The van der Waals surface area contributed by atoms with Crippen LogP contribution in [0.4, 0.5) is 4.79 Å². The maximum atomic E-state index is 12.1. The molecular formula is C16H22N2O5. The first-order valence-electron chi connectivity index (χ1n) is 7.14. The van der Waals surface area contributed by atoms with Crippen LogP contribution < -0.4 is 10.6 Å². The number of carbonyl (C=O) groups excluding carboxylic acids is 3. The Bertz CT molecular complexity index is 557. The average molecular weight is 322 g/mol. The number of nitrogens with one attached hydrogen (secondary N) is 2. The molecule has 0 aromatic heterocycles. The second-order valence-corrected chi connectivity index (χ2v) is 5.53. The van der Waals surface area contributed by atoms with Gasteiger partial charge in [-0.3, -0.25) is 4.79 Å². The molecule has 0 aliphatic rings. The molecule has 0 radical (unpaired) electrons. The third-order valence-electron chi connectivity index (χ3n) is 3.10. The van der Waals surface area contributed by atoms with Crippen molar-refractivity contribution in [3.63, 3.8) is 0 Å². The van der Waals surface area contributed by atoms with Gasteiger partial charge in [0, 0.05) is 0 Å². The van der Waals surface area contributed by atoms with Gasteiger partial charge in [0.05, 0.1) is 7.11 Å². The summed E-state index contributed by atoms with van der Waals surface area (Å²) >= 11 is 0. The molecule has 0 heterocycles. The number of carbonyl (C=O) groups is 3. The van der Waals surface area contributed by atoms with E-state index in [4.69, 9.17) is 4.74 Å². The Labute approximate surface area is 135 Å². The number of ether oxygens (including phenoxy) is 2. The van der Waals surface area contributed by atoms with E-state index in [1.165, 1.54) is 27.9 Å². The molecule has 0 saturated heterocycles. The molecule has 2 N–H and O–H groups in total. The molecule has 23 heavy (non-hydrogen) atoms. The number of alkyl carbamates (subject to hydrolysis) is 1. The zero-order chi connectivity index (χ0) is 17.5. The maximum Gasteiger partial charge on any atom is 0.408 e. The van der Waals surface area contributed by atoms with Gasteiger partial charge in [0.15, 0.2) is 0 Å². The molecule has 2 amide bonds. The van der Waals surface area contributed by atoms with Crippen LogP contribution in [0.5, 0.6) is 0 Å². The molecule has 0 saturated carbocycles. The van der Waals surface area contributed by atoms with Crippen molar-refractivity contribution in [2.75, 3.05) is 7.11 Å². The summed E-state index contributed by atoms with van der Waals surface area (Å²) in [4.78, 5) is 35.2. The Morgan fingerprint density at radius 2 is 1.78 bits per heavy atom. The lowest BCUT2D eigenvalue weighted by Crippen LogP contribution is -2.57. The standard InChI is InChI=1S/C16H22N2O5/c1-11(13(19)22-4)17-14(20)16(2,3)18-15(21)23-10-12-8-6-5-7-9-12/h5-9,11H,10H2,1-4H3,(H,17,20)(H,18,21). The van der Waals surface area contributed by atoms with Crippen molar-refractivity contribution in [3.8, 4) is 0 Å². The summed E-state index contributed by atoms with van der Waals surface area (Å²) in [6.07, 6.45) is -0.722. The van der Waals surface area contributed by atoms with E-state index in [1.807, 2.05) is 30.3 Å². The van der Waals surface area contributed by atoms with Gasteiger partial charge in [0.2, 0.25) is 5.91 Å². The van der Waals surface area contributed by atoms with Gasteiger partial charge in [-0.1, -0.05) is 30.3 Å². The highest BCUT2D eigenvalue weighted by Crippen LogP contribution is 2.06. The molecule has 7 heteroatoms. The highest BCUT2D eigenvalue weighted by molar-refractivity contribution is 5.92. The molecule has 0 bridgehead atoms. The van der Waals surface area contributed by atoms with E-state index >= 15 is 0 Å². The van der Waals surface area contributed by atoms with Gasteiger partial charge in [-0.05, 0) is 26.3 Å². The quantitative estimate of drug-likeness (QED) is 0.772. The minimum absolute atomic E-state index is 0.100. The normalized spacial score (nSPS) is 12.0. The van der Waals surface area contributed by atoms with Gasteiger partial charge in [0.25, 0.3) is 0 Å². The van der Waals surface area contributed by atoms with Crippen LogP contribution in [0.2, 0.25) is 0 Å². The van der Waals surface area contributed by atoms with E-state index in [1.54, 1.807) is 0 Å². The lowest BCUT2D eigenvalue weighted by molar-refractivity contribution is -0.145. The van der Waals surface area contributed by atoms with Crippen LogP contribution in [-0.4, -0.2) is 36.7 Å². The zero-order valence-electron chi connectivity index (χ0n) is 13.7. The average Bonchev–Trinajstić information content (AvgIpc) is 2.52. The number of amides is 2. The lowest BCUT2D eigenvalue weighted by Gasteiger charge is -2.26. The van der Waals surface area contributed by atoms with Crippen LogP contribution in [0.1, 0.15) is 26.3 Å². The predicted molar refractivity (Wildman–Crippen MR) is 83.5 cm³/mol. The smallest absolute Gasteiger partial charge is 0.408 e. The molecule has 1 aromatic carbocycles. The molecule has 1 unspecified atom stereocenters. The van der Waals surface area contributed by atoms with Crippen LogP contribution in [0.25, 0.3) is 0 Å². The molecule has 1 rings (SSSR count). The molecule has 1 atom stereocenters. The van der Waals surface area contributed by atoms with E-state index in [9.17, 15) is 14.4 Å². The van der Waals surface area contributed by atoms with Crippen molar-refractivity contribution in [1.82, 2.24) is 10.6 Å². The van der Waals surface area contributed by atoms with Crippen molar-refractivity contribution >= 4 is 18.0 Å². The fourth-order valence-corrected chi connectivity index (χ4v) is 1.68. The topological polar surface area (TPSA) is 93.7 Å². The molecule has 0 aliphatic heterocycles. The second-order valence-electron chi connectivity index (χ2n) is 5.53. The number of hydrogen-bond acceptors (Lipinski definition) is 5. The number of rotatable bonds is 6. The summed E-state index contributed by atoms with van der Waals surface area (Å²) < 4.78 is 9.59. The van der Waals surface area contributed by atoms with E-state index in [2.05, 4.69) is 15.4 Å². The summed E-state index contributed by atoms with van der Waals surface area (Å²) in [5.74, 6) is -1.09. The molecule has 0 spiro atoms. The third-order valence-corrected chi connectivity index (χ3v) is 3.10. The van der Waals surface area contributed by atoms with Crippen LogP contribution in [0.3, 0.4) is 0 Å². The van der Waals surface area contributed by atoms with Gasteiger partial charge >= 0.3 is 12.1 Å². The molecule has 1 aromatic rings. The Morgan fingerprint density at radius 1 is 1.17 bits per heavy atom. The van der Waals surface area contributed by atoms with E-state index in [-0.39, 0.29) is 6.61 Å². The van der Waals surface area contributed by atoms with E-state index in [0.29, 0.717) is 0 Å². The van der Waals surface area contributed by atoms with Crippen molar-refractivity contribution in [2.45, 2.75) is 39.0 Å². The molecule has 126 valence electrons. The summed E-state index contributed by atoms with van der Waals surface area (Å²) in [6, 6.07) is 8.37. The summed E-state index contributed by atoms with van der Waals surface area (Å²) in [5, 5.41) is 4.93. The second kappa shape index (κ2) is 8.17. The molecule has 0 aliphatic carbocycles. The number of methoxy groups -OCH3 is 1. The third kappa shape index (κ3) is 5.98. The van der Waals surface area contributed by atoms with Gasteiger partial charge in [0.1, 0.15) is 18.2 Å². The van der Waals surface area contributed by atoms with Crippen molar-refractivity contribution < 1.29 is 23.9 Å². The van der Waals surface area contributed by atoms with Crippen LogP contribution in [0, 0.1) is 0 Å². The van der Waals surface area contributed by atoms with Crippen LogP contribution >= 0.6 is 0 Å². The monoisotopic (exact) mass is 322 g/mol. The zero-order valence-corrected chi connectivity index (χ0v) is 13.7. The lowest BCUT2D eigenvalue weighted by atomic mass is 10.0. The number of esters is 1. The first-order valence-corrected chi connectivity index (χ1v) is 7.14. The van der Waals surface area contributed by atoms with Gasteiger partial charge < -0.3 is 20.1 Å². The maximum absolute atomic E-state index is 12.1. The van der Waals surface area contributed by atoms with Crippen LogP contribution in [-0.2, 0) is 25.7 Å².